The lowest BCUT2D eigenvalue weighted by Gasteiger charge is -2.24. The highest BCUT2D eigenvalue weighted by Crippen LogP contribution is 2.33. The molecule has 24 heavy (non-hydrogen) atoms. The highest BCUT2D eigenvalue weighted by molar-refractivity contribution is 5.92. The molecule has 1 fully saturated rings. The van der Waals surface area contributed by atoms with Crippen molar-refractivity contribution in [2.75, 3.05) is 13.2 Å². The molecule has 0 spiro atoms. The lowest BCUT2D eigenvalue weighted by Crippen LogP contribution is -2.28. The van der Waals surface area contributed by atoms with Crippen molar-refractivity contribution in [2.24, 2.45) is 0 Å². The van der Waals surface area contributed by atoms with E-state index < -0.39 is 0 Å². The first-order chi connectivity index (χ1) is 11.8. The molecule has 0 N–H and O–H groups in total. The smallest absolute Gasteiger partial charge is 0.247 e. The lowest BCUT2D eigenvalue weighted by atomic mass is 10.0. The van der Waals surface area contributed by atoms with Crippen LogP contribution < -0.4 is 4.74 Å². The van der Waals surface area contributed by atoms with Crippen LogP contribution in [0.4, 0.5) is 0 Å². The highest BCUT2D eigenvalue weighted by Gasteiger charge is 2.28. The summed E-state index contributed by atoms with van der Waals surface area (Å²) in [5.74, 6) is 0.929. The predicted octanol–water partition coefficient (Wildman–Crippen LogP) is 3.86. The number of carbonyl (C=O) groups excluding carboxylic acids is 1. The molecule has 4 nitrogen and oxygen atoms in total. The van der Waals surface area contributed by atoms with Gasteiger partial charge in [0, 0.05) is 25.0 Å². The maximum atomic E-state index is 12.6. The third kappa shape index (κ3) is 3.82. The fraction of sp³-hybridized carbons (Fsp3) is 0.300. The molecule has 1 aromatic carbocycles. The molecule has 4 heteroatoms. The van der Waals surface area contributed by atoms with Crippen molar-refractivity contribution in [2.45, 2.75) is 25.8 Å². The first kappa shape index (κ1) is 16.2. The molecule has 1 aromatic heterocycles. The summed E-state index contributed by atoms with van der Waals surface area (Å²) in [7, 11) is 0. The zero-order valence-corrected chi connectivity index (χ0v) is 13.9. The van der Waals surface area contributed by atoms with Gasteiger partial charge >= 0.3 is 0 Å². The summed E-state index contributed by atoms with van der Waals surface area (Å²) in [6.07, 6.45) is 8.99. The minimum atomic E-state index is 0.0585. The molecule has 1 aliphatic rings. The van der Waals surface area contributed by atoms with E-state index in [1.165, 1.54) is 5.56 Å². The van der Waals surface area contributed by atoms with Crippen LogP contribution in [0.15, 0.2) is 54.9 Å². The summed E-state index contributed by atoms with van der Waals surface area (Å²) >= 11 is 0. The highest BCUT2D eigenvalue weighted by atomic mass is 16.5. The van der Waals surface area contributed by atoms with Crippen molar-refractivity contribution < 1.29 is 9.53 Å². The predicted molar refractivity (Wildman–Crippen MR) is 94.6 cm³/mol. The second kappa shape index (κ2) is 7.77. The molecule has 0 bridgehead atoms. The average Bonchev–Trinajstić information content (AvgIpc) is 3.11. The van der Waals surface area contributed by atoms with Crippen LogP contribution in [0, 0.1) is 0 Å². The largest absolute Gasteiger partial charge is 0.494 e. The van der Waals surface area contributed by atoms with E-state index in [1.807, 2.05) is 42.2 Å². The number of likely N-dealkylation sites (tertiary alicyclic amines) is 1. The zero-order chi connectivity index (χ0) is 16.8. The second-order valence-electron chi connectivity index (χ2n) is 5.81. The summed E-state index contributed by atoms with van der Waals surface area (Å²) in [6.45, 7) is 3.44. The number of amides is 1. The summed E-state index contributed by atoms with van der Waals surface area (Å²) in [5, 5.41) is 0. The number of ether oxygens (including phenoxy) is 1. The van der Waals surface area contributed by atoms with Crippen molar-refractivity contribution in [3.05, 3.63) is 66.0 Å². The molecule has 1 unspecified atom stereocenters. The van der Waals surface area contributed by atoms with Gasteiger partial charge in [-0.25, -0.2) is 0 Å². The summed E-state index contributed by atoms with van der Waals surface area (Å²) < 4.78 is 5.49. The van der Waals surface area contributed by atoms with Crippen LogP contribution >= 0.6 is 0 Å². The van der Waals surface area contributed by atoms with Gasteiger partial charge in [-0.05, 0) is 61.2 Å². The molecule has 1 amide bonds. The third-order valence-electron chi connectivity index (χ3n) is 4.24. The van der Waals surface area contributed by atoms with Gasteiger partial charge in [0.05, 0.1) is 12.6 Å². The van der Waals surface area contributed by atoms with E-state index in [0.717, 1.165) is 30.7 Å². The Hall–Kier alpha value is -2.62. The first-order valence-electron chi connectivity index (χ1n) is 8.39. The Morgan fingerprint density at radius 2 is 2.00 bits per heavy atom. The van der Waals surface area contributed by atoms with Gasteiger partial charge < -0.3 is 9.64 Å². The first-order valence-corrected chi connectivity index (χ1v) is 8.39. The average molecular weight is 322 g/mol. The number of rotatable bonds is 5. The van der Waals surface area contributed by atoms with E-state index in [9.17, 15) is 4.79 Å². The number of carbonyl (C=O) groups is 1. The monoisotopic (exact) mass is 322 g/mol. The Balaban J connectivity index is 1.70. The molecule has 1 atom stereocenters. The zero-order valence-electron chi connectivity index (χ0n) is 13.9. The van der Waals surface area contributed by atoms with Crippen molar-refractivity contribution in [3.63, 3.8) is 0 Å². The van der Waals surface area contributed by atoms with Gasteiger partial charge in [0.15, 0.2) is 0 Å². The molecule has 0 saturated carbocycles. The normalized spacial score (nSPS) is 17.4. The van der Waals surface area contributed by atoms with E-state index >= 15 is 0 Å². The Kier molecular flexibility index (Phi) is 5.26. The number of benzene rings is 1. The van der Waals surface area contributed by atoms with Gasteiger partial charge in [-0.3, -0.25) is 9.78 Å². The van der Waals surface area contributed by atoms with Gasteiger partial charge in [-0.2, -0.15) is 0 Å². The molecule has 1 aliphatic heterocycles. The third-order valence-corrected chi connectivity index (χ3v) is 4.24. The van der Waals surface area contributed by atoms with Gasteiger partial charge in [0.25, 0.3) is 0 Å². The molecule has 2 heterocycles. The fourth-order valence-electron chi connectivity index (χ4n) is 3.07. The Labute approximate surface area is 142 Å². The summed E-state index contributed by atoms with van der Waals surface area (Å²) in [6, 6.07) is 12.0. The van der Waals surface area contributed by atoms with Gasteiger partial charge in [0.2, 0.25) is 5.91 Å². The molecule has 0 aliphatic carbocycles. The number of hydrogen-bond donors (Lipinski definition) is 0. The topological polar surface area (TPSA) is 42.4 Å². The Morgan fingerprint density at radius 1 is 1.25 bits per heavy atom. The van der Waals surface area contributed by atoms with Crippen LogP contribution in [-0.2, 0) is 4.79 Å². The van der Waals surface area contributed by atoms with E-state index in [4.69, 9.17) is 4.74 Å². The van der Waals surface area contributed by atoms with Crippen molar-refractivity contribution in [1.82, 2.24) is 9.88 Å². The van der Waals surface area contributed by atoms with Crippen LogP contribution in [0.3, 0.4) is 0 Å². The van der Waals surface area contributed by atoms with E-state index in [1.54, 1.807) is 18.5 Å². The SMILES string of the molecule is CCOc1ccc(C2CCCN2C(=O)/C=C/c2ccncc2)cc1. The summed E-state index contributed by atoms with van der Waals surface area (Å²) in [5.41, 5.74) is 2.15. The standard InChI is InChI=1S/C20H22N2O2/c1-2-24-18-8-6-17(7-9-18)19-4-3-15-22(19)20(23)10-5-16-11-13-21-14-12-16/h5-14,19H,2-4,15H2,1H3/b10-5+. The van der Waals surface area contributed by atoms with Crippen molar-refractivity contribution in [3.8, 4) is 5.75 Å². The number of aromatic nitrogens is 1. The number of pyridine rings is 1. The Morgan fingerprint density at radius 3 is 2.71 bits per heavy atom. The van der Waals surface area contributed by atoms with E-state index in [2.05, 4.69) is 17.1 Å². The van der Waals surface area contributed by atoms with Gasteiger partial charge in [-0.15, -0.1) is 0 Å². The van der Waals surface area contributed by atoms with Crippen LogP contribution in [0.5, 0.6) is 5.75 Å². The number of nitrogens with zero attached hydrogens (tertiary/aromatic N) is 2. The lowest BCUT2D eigenvalue weighted by molar-refractivity contribution is -0.126. The van der Waals surface area contributed by atoms with E-state index in [0.29, 0.717) is 6.61 Å². The van der Waals surface area contributed by atoms with Crippen molar-refractivity contribution in [1.29, 1.82) is 0 Å². The van der Waals surface area contributed by atoms with Crippen LogP contribution in [0.2, 0.25) is 0 Å². The molecule has 0 radical (unpaired) electrons. The van der Waals surface area contributed by atoms with Gasteiger partial charge in [-0.1, -0.05) is 12.1 Å². The molecular weight excluding hydrogens is 300 g/mol. The minimum Gasteiger partial charge on any atom is -0.494 e. The van der Waals surface area contributed by atoms with E-state index in [-0.39, 0.29) is 11.9 Å². The molecule has 124 valence electrons. The fourth-order valence-corrected chi connectivity index (χ4v) is 3.07. The maximum absolute atomic E-state index is 12.6. The van der Waals surface area contributed by atoms with Crippen LogP contribution in [0.25, 0.3) is 6.08 Å². The van der Waals surface area contributed by atoms with Crippen molar-refractivity contribution >= 4 is 12.0 Å². The quantitative estimate of drug-likeness (QED) is 0.785. The van der Waals surface area contributed by atoms with Crippen LogP contribution in [-0.4, -0.2) is 28.9 Å². The molecule has 1 saturated heterocycles. The minimum absolute atomic E-state index is 0.0585. The van der Waals surface area contributed by atoms with Gasteiger partial charge in [0.1, 0.15) is 5.75 Å². The summed E-state index contributed by atoms with van der Waals surface area (Å²) in [4.78, 5) is 18.5. The van der Waals surface area contributed by atoms with Crippen LogP contribution in [0.1, 0.15) is 36.9 Å². The molecular formula is C20H22N2O2. The maximum Gasteiger partial charge on any atom is 0.247 e. The number of hydrogen-bond acceptors (Lipinski definition) is 3. The Bertz CT molecular complexity index is 695. The molecule has 2 aromatic rings. The second-order valence-corrected chi connectivity index (χ2v) is 5.81. The molecule has 3 rings (SSSR count).